The van der Waals surface area contributed by atoms with Crippen molar-refractivity contribution in [2.75, 3.05) is 6.54 Å². The first-order valence-electron chi connectivity index (χ1n) is 8.84. The summed E-state index contributed by atoms with van der Waals surface area (Å²) in [5, 5.41) is 14.8. The van der Waals surface area contributed by atoms with Crippen molar-refractivity contribution in [2.24, 2.45) is 11.0 Å². The van der Waals surface area contributed by atoms with E-state index in [1.165, 1.54) is 12.1 Å². The van der Waals surface area contributed by atoms with Crippen LogP contribution in [0.5, 0.6) is 0 Å². The number of carbonyl (C=O) groups excluding carboxylic acids is 2. The number of hydrazone groups is 1. The molecule has 0 aliphatic carbocycles. The molecule has 28 heavy (non-hydrogen) atoms. The van der Waals surface area contributed by atoms with Crippen molar-refractivity contribution in [3.63, 3.8) is 0 Å². The second kappa shape index (κ2) is 8.43. The van der Waals surface area contributed by atoms with E-state index >= 15 is 0 Å². The van der Waals surface area contributed by atoms with E-state index in [0.29, 0.717) is 24.4 Å². The van der Waals surface area contributed by atoms with Crippen molar-refractivity contribution in [1.29, 1.82) is 0 Å². The van der Waals surface area contributed by atoms with Gasteiger partial charge in [0.05, 0.1) is 16.6 Å². The van der Waals surface area contributed by atoms with Gasteiger partial charge in [-0.15, -0.1) is 0 Å². The average Bonchev–Trinajstić information content (AvgIpc) is 3.07. The van der Waals surface area contributed by atoms with E-state index in [1.807, 2.05) is 30.3 Å². The normalized spacial score (nSPS) is 16.9. The summed E-state index contributed by atoms with van der Waals surface area (Å²) in [5.41, 5.74) is 4.70. The number of nitro benzene ring substituents is 1. The minimum Gasteiger partial charge on any atom is -0.338 e. The average molecular weight is 380 g/mol. The molecule has 0 saturated carbocycles. The zero-order chi connectivity index (χ0) is 20.1. The van der Waals surface area contributed by atoms with Gasteiger partial charge in [-0.1, -0.05) is 30.3 Å². The number of nitrogens with one attached hydrogen (secondary N) is 1. The van der Waals surface area contributed by atoms with Gasteiger partial charge in [0.15, 0.2) is 0 Å². The highest BCUT2D eigenvalue weighted by molar-refractivity contribution is 5.99. The molecule has 2 aromatic rings. The maximum absolute atomic E-state index is 12.4. The molecule has 0 bridgehead atoms. The zero-order valence-electron chi connectivity index (χ0n) is 15.4. The Hall–Kier alpha value is -3.55. The van der Waals surface area contributed by atoms with Gasteiger partial charge in [0.1, 0.15) is 0 Å². The third-order valence-electron chi connectivity index (χ3n) is 4.63. The van der Waals surface area contributed by atoms with E-state index < -0.39 is 10.8 Å². The Morgan fingerprint density at radius 2 is 1.89 bits per heavy atom. The highest BCUT2D eigenvalue weighted by atomic mass is 16.6. The van der Waals surface area contributed by atoms with Crippen molar-refractivity contribution in [3.8, 4) is 0 Å². The molecule has 8 heteroatoms. The Kier molecular flexibility index (Phi) is 5.78. The summed E-state index contributed by atoms with van der Waals surface area (Å²) in [6.07, 6.45) is 0.158. The lowest BCUT2D eigenvalue weighted by atomic mass is 10.1. The van der Waals surface area contributed by atoms with Gasteiger partial charge in [-0.05, 0) is 30.2 Å². The first-order chi connectivity index (χ1) is 13.4. The van der Waals surface area contributed by atoms with Crippen LogP contribution in [0, 0.1) is 16.0 Å². The second-order valence-corrected chi connectivity index (χ2v) is 6.64. The summed E-state index contributed by atoms with van der Waals surface area (Å²) in [4.78, 5) is 36.5. The first-order valence-corrected chi connectivity index (χ1v) is 8.84. The molecule has 8 nitrogen and oxygen atoms in total. The molecule has 1 fully saturated rings. The van der Waals surface area contributed by atoms with E-state index in [2.05, 4.69) is 10.5 Å². The van der Waals surface area contributed by atoms with Gasteiger partial charge in [0, 0.05) is 31.6 Å². The van der Waals surface area contributed by atoms with Crippen LogP contribution in [0.1, 0.15) is 24.5 Å². The molecule has 2 aromatic carbocycles. The number of amides is 2. The van der Waals surface area contributed by atoms with Crippen LogP contribution in [0.3, 0.4) is 0 Å². The van der Waals surface area contributed by atoms with E-state index in [1.54, 1.807) is 24.0 Å². The Morgan fingerprint density at radius 3 is 2.54 bits per heavy atom. The lowest BCUT2D eigenvalue weighted by Gasteiger charge is -2.16. The molecule has 1 N–H and O–H groups in total. The minimum atomic E-state index is -0.476. The molecular weight excluding hydrogens is 360 g/mol. The maximum Gasteiger partial charge on any atom is 0.269 e. The van der Waals surface area contributed by atoms with Crippen LogP contribution in [-0.4, -0.2) is 33.9 Å². The number of carbonyl (C=O) groups is 2. The number of nitrogens with zero attached hydrogens (tertiary/aromatic N) is 3. The second-order valence-electron chi connectivity index (χ2n) is 6.64. The molecular formula is C20H20N4O4. The van der Waals surface area contributed by atoms with E-state index in [4.69, 9.17) is 0 Å². The van der Waals surface area contributed by atoms with E-state index in [9.17, 15) is 19.7 Å². The molecule has 1 saturated heterocycles. The van der Waals surface area contributed by atoms with Crippen LogP contribution >= 0.6 is 0 Å². The number of benzene rings is 2. The van der Waals surface area contributed by atoms with Gasteiger partial charge in [-0.25, -0.2) is 5.43 Å². The molecule has 0 radical (unpaired) electrons. The molecule has 1 heterocycles. The Morgan fingerprint density at radius 1 is 1.21 bits per heavy atom. The van der Waals surface area contributed by atoms with Gasteiger partial charge < -0.3 is 4.90 Å². The monoisotopic (exact) mass is 380 g/mol. The number of hydrogen-bond acceptors (Lipinski definition) is 5. The van der Waals surface area contributed by atoms with Crippen molar-refractivity contribution in [1.82, 2.24) is 10.3 Å². The predicted molar refractivity (Wildman–Crippen MR) is 103 cm³/mol. The van der Waals surface area contributed by atoms with Crippen molar-refractivity contribution >= 4 is 23.2 Å². The highest BCUT2D eigenvalue weighted by Crippen LogP contribution is 2.20. The summed E-state index contributed by atoms with van der Waals surface area (Å²) in [7, 11) is 0. The molecule has 3 rings (SSSR count). The van der Waals surface area contributed by atoms with Crippen LogP contribution in [0.25, 0.3) is 0 Å². The molecule has 0 spiro atoms. The quantitative estimate of drug-likeness (QED) is 0.472. The number of hydrogen-bond donors (Lipinski definition) is 1. The molecule has 1 unspecified atom stereocenters. The smallest absolute Gasteiger partial charge is 0.269 e. The predicted octanol–water partition coefficient (Wildman–Crippen LogP) is 2.48. The van der Waals surface area contributed by atoms with Crippen LogP contribution in [-0.2, 0) is 16.1 Å². The number of non-ortho nitro benzene ring substituents is 1. The lowest BCUT2D eigenvalue weighted by Crippen LogP contribution is -2.30. The third-order valence-corrected chi connectivity index (χ3v) is 4.63. The topological polar surface area (TPSA) is 105 Å². The third kappa shape index (κ3) is 4.59. The number of nitro groups is 1. The van der Waals surface area contributed by atoms with Crippen molar-refractivity contribution in [3.05, 3.63) is 75.8 Å². The first kappa shape index (κ1) is 19.2. The lowest BCUT2D eigenvalue weighted by molar-refractivity contribution is -0.384. The molecule has 1 atom stereocenters. The SMILES string of the molecule is C/C(=N\NC(=O)C1CC(=O)N(Cc2ccccc2)C1)c1ccc([N+](=O)[O-])cc1. The largest absolute Gasteiger partial charge is 0.338 e. The van der Waals surface area contributed by atoms with E-state index in [-0.39, 0.29) is 23.9 Å². The fourth-order valence-corrected chi connectivity index (χ4v) is 3.02. The molecule has 144 valence electrons. The van der Waals surface area contributed by atoms with Crippen LogP contribution in [0.2, 0.25) is 0 Å². The van der Waals surface area contributed by atoms with Crippen LogP contribution in [0.15, 0.2) is 59.7 Å². The Labute approximate surface area is 162 Å². The number of likely N-dealkylation sites (tertiary alicyclic amines) is 1. The van der Waals surface area contributed by atoms with Crippen LogP contribution in [0.4, 0.5) is 5.69 Å². The standard InChI is InChI=1S/C20H20N4O4/c1-14(16-7-9-18(10-8-16)24(27)28)21-22-20(26)17-11-19(25)23(13-17)12-15-5-3-2-4-6-15/h2-10,17H,11-13H2,1H3,(H,22,26)/b21-14+. The molecule has 1 aliphatic rings. The summed E-state index contributed by atoms with van der Waals surface area (Å²) in [5.74, 6) is -0.824. The number of rotatable bonds is 6. The van der Waals surface area contributed by atoms with E-state index in [0.717, 1.165) is 5.56 Å². The van der Waals surface area contributed by atoms with Gasteiger partial charge in [0.25, 0.3) is 5.69 Å². The summed E-state index contributed by atoms with van der Waals surface area (Å²) in [6.45, 7) is 2.53. The summed E-state index contributed by atoms with van der Waals surface area (Å²) < 4.78 is 0. The van der Waals surface area contributed by atoms with Crippen molar-refractivity contribution in [2.45, 2.75) is 19.9 Å². The van der Waals surface area contributed by atoms with Gasteiger partial charge >= 0.3 is 0 Å². The highest BCUT2D eigenvalue weighted by Gasteiger charge is 2.34. The minimum absolute atomic E-state index is 0.0106. The van der Waals surface area contributed by atoms with Crippen LogP contribution < -0.4 is 5.43 Å². The molecule has 2 amide bonds. The fraction of sp³-hybridized carbons (Fsp3) is 0.250. The maximum atomic E-state index is 12.4. The van der Waals surface area contributed by atoms with Crippen molar-refractivity contribution < 1.29 is 14.5 Å². The van der Waals surface area contributed by atoms with Gasteiger partial charge in [-0.3, -0.25) is 19.7 Å². The molecule has 1 aliphatic heterocycles. The zero-order valence-corrected chi connectivity index (χ0v) is 15.4. The summed E-state index contributed by atoms with van der Waals surface area (Å²) >= 11 is 0. The summed E-state index contributed by atoms with van der Waals surface area (Å²) in [6, 6.07) is 15.5. The molecule has 0 aromatic heterocycles. The fourth-order valence-electron chi connectivity index (χ4n) is 3.02. The Bertz CT molecular complexity index is 910. The Balaban J connectivity index is 1.57. The van der Waals surface area contributed by atoms with Gasteiger partial charge in [0.2, 0.25) is 11.8 Å². The van der Waals surface area contributed by atoms with Gasteiger partial charge in [-0.2, -0.15) is 5.10 Å².